The van der Waals surface area contributed by atoms with Gasteiger partial charge in [0.15, 0.2) is 0 Å². The lowest BCUT2D eigenvalue weighted by Crippen LogP contribution is -2.46. The van der Waals surface area contributed by atoms with Crippen molar-refractivity contribution in [3.63, 3.8) is 0 Å². The predicted octanol–water partition coefficient (Wildman–Crippen LogP) is 3.44. The molecule has 2 heterocycles. The molecule has 1 aromatic heterocycles. The molecule has 3 rings (SSSR count). The number of likely N-dealkylation sites (tertiary alicyclic amines) is 1. The summed E-state index contributed by atoms with van der Waals surface area (Å²) in [5, 5.41) is 19.6. The third kappa shape index (κ3) is 9.84. The Hall–Kier alpha value is -3.62. The number of hydrogen-bond donors (Lipinski definition) is 4. The number of benzene rings is 1. The SMILES string of the molecule is CN(C)C/C=C/C(=O)N1CCC(NC(=O)c2[nH]ncc2NC(=O)c2c(Cl)cccc2Cl)CC1.O=C(O)C(F)(F)F. The van der Waals surface area contributed by atoms with E-state index in [9.17, 15) is 27.6 Å². The highest BCUT2D eigenvalue weighted by atomic mass is 35.5. The second-order valence-corrected chi connectivity index (χ2v) is 9.56. The molecule has 11 nitrogen and oxygen atoms in total. The Balaban J connectivity index is 0.000000708. The van der Waals surface area contributed by atoms with Crippen molar-refractivity contribution in [2.45, 2.75) is 25.1 Å². The molecule has 16 heteroatoms. The fourth-order valence-electron chi connectivity index (χ4n) is 3.43. The van der Waals surface area contributed by atoms with Crippen molar-refractivity contribution < 1.29 is 37.5 Å². The molecular formula is C24H27Cl2F3N6O5. The van der Waals surface area contributed by atoms with Gasteiger partial charge in [-0.2, -0.15) is 18.3 Å². The van der Waals surface area contributed by atoms with Crippen LogP contribution in [0.25, 0.3) is 0 Å². The number of carbonyl (C=O) groups excluding carboxylic acids is 3. The fourth-order valence-corrected chi connectivity index (χ4v) is 3.99. The minimum absolute atomic E-state index is 0.0292. The molecule has 1 aromatic carbocycles. The number of aromatic amines is 1. The third-order valence-electron chi connectivity index (χ3n) is 5.42. The maximum absolute atomic E-state index is 12.8. The topological polar surface area (TPSA) is 148 Å². The molecule has 0 spiro atoms. The molecule has 3 amide bonds. The quantitative estimate of drug-likeness (QED) is 0.353. The number of carboxylic acid groups (broad SMARTS) is 1. The zero-order valence-corrected chi connectivity index (χ0v) is 22.9. The van der Waals surface area contributed by atoms with Gasteiger partial charge >= 0.3 is 12.1 Å². The number of hydrogen-bond acceptors (Lipinski definition) is 6. The minimum Gasteiger partial charge on any atom is -0.475 e. The standard InChI is InChI=1S/C22H26Cl2N6O3.C2HF3O2/c1-29(2)10-4-7-18(31)30-11-8-14(9-12-30)26-22(33)20-17(13-25-28-20)27-21(32)19-15(23)5-3-6-16(19)24;3-2(4,5)1(6)7/h3-7,13-14H,8-12H2,1-2H3,(H,25,28)(H,26,33)(H,27,32);(H,6,7)/b7-4+;. The van der Waals surface area contributed by atoms with E-state index >= 15 is 0 Å². The van der Waals surface area contributed by atoms with Crippen LogP contribution in [0.3, 0.4) is 0 Å². The summed E-state index contributed by atoms with van der Waals surface area (Å²) in [4.78, 5) is 50.3. The number of halogens is 5. The first kappa shape index (κ1) is 32.6. The molecule has 218 valence electrons. The van der Waals surface area contributed by atoms with Gasteiger partial charge in [0.2, 0.25) is 5.91 Å². The maximum atomic E-state index is 12.8. The van der Waals surface area contributed by atoms with E-state index in [-0.39, 0.29) is 38.9 Å². The second kappa shape index (κ2) is 14.7. The molecule has 1 fully saturated rings. The zero-order chi connectivity index (χ0) is 30.0. The number of alkyl halides is 3. The lowest BCUT2D eigenvalue weighted by molar-refractivity contribution is -0.192. The van der Waals surface area contributed by atoms with Crippen LogP contribution in [0.4, 0.5) is 18.9 Å². The summed E-state index contributed by atoms with van der Waals surface area (Å²) in [5.41, 5.74) is 0.453. The number of piperidine rings is 1. The fraction of sp³-hybridized carbons (Fsp3) is 0.375. The van der Waals surface area contributed by atoms with Gasteiger partial charge in [-0.25, -0.2) is 4.79 Å². The Kier molecular flexibility index (Phi) is 12.0. The number of amides is 3. The lowest BCUT2D eigenvalue weighted by atomic mass is 10.0. The number of carboxylic acids is 1. The van der Waals surface area contributed by atoms with Crippen LogP contribution in [-0.4, -0.2) is 94.7 Å². The van der Waals surface area contributed by atoms with E-state index in [0.29, 0.717) is 32.5 Å². The molecule has 0 bridgehead atoms. The summed E-state index contributed by atoms with van der Waals surface area (Å²) in [6.45, 7) is 1.80. The number of aliphatic carboxylic acids is 1. The van der Waals surface area contributed by atoms with Gasteiger partial charge in [0.05, 0.1) is 27.5 Å². The smallest absolute Gasteiger partial charge is 0.475 e. The number of aromatic nitrogens is 2. The summed E-state index contributed by atoms with van der Waals surface area (Å²) in [7, 11) is 3.87. The molecule has 4 N–H and O–H groups in total. The summed E-state index contributed by atoms with van der Waals surface area (Å²) < 4.78 is 31.7. The number of anilines is 1. The van der Waals surface area contributed by atoms with Crippen molar-refractivity contribution in [1.82, 2.24) is 25.3 Å². The highest BCUT2D eigenvalue weighted by molar-refractivity contribution is 6.40. The van der Waals surface area contributed by atoms with Crippen molar-refractivity contribution >= 4 is 52.6 Å². The van der Waals surface area contributed by atoms with Crippen molar-refractivity contribution in [1.29, 1.82) is 0 Å². The number of nitrogens with one attached hydrogen (secondary N) is 3. The molecule has 1 saturated heterocycles. The van der Waals surface area contributed by atoms with Crippen LogP contribution >= 0.6 is 23.2 Å². The van der Waals surface area contributed by atoms with Crippen LogP contribution in [0.2, 0.25) is 10.0 Å². The van der Waals surface area contributed by atoms with Gasteiger partial charge in [0.1, 0.15) is 5.69 Å². The van der Waals surface area contributed by atoms with Crippen LogP contribution in [0.5, 0.6) is 0 Å². The Morgan fingerprint density at radius 2 is 1.73 bits per heavy atom. The molecular weight excluding hydrogens is 580 g/mol. The molecule has 0 unspecified atom stereocenters. The summed E-state index contributed by atoms with van der Waals surface area (Å²) in [5.74, 6) is -3.73. The van der Waals surface area contributed by atoms with Gasteiger partial charge in [0.25, 0.3) is 11.8 Å². The van der Waals surface area contributed by atoms with E-state index in [4.69, 9.17) is 33.1 Å². The average molecular weight is 607 g/mol. The summed E-state index contributed by atoms with van der Waals surface area (Å²) >= 11 is 12.2. The van der Waals surface area contributed by atoms with E-state index in [0.717, 1.165) is 0 Å². The van der Waals surface area contributed by atoms with Crippen LogP contribution in [0, 0.1) is 0 Å². The Labute approximate surface area is 237 Å². The predicted molar refractivity (Wildman–Crippen MR) is 141 cm³/mol. The Bertz CT molecular complexity index is 1220. The monoisotopic (exact) mass is 606 g/mol. The van der Waals surface area contributed by atoms with Gasteiger partial charge in [-0.15, -0.1) is 0 Å². The van der Waals surface area contributed by atoms with Crippen LogP contribution in [0.15, 0.2) is 36.5 Å². The highest BCUT2D eigenvalue weighted by Crippen LogP contribution is 2.26. The first-order valence-corrected chi connectivity index (χ1v) is 12.5. The van der Waals surface area contributed by atoms with Crippen molar-refractivity contribution in [2.24, 2.45) is 0 Å². The largest absolute Gasteiger partial charge is 0.490 e. The van der Waals surface area contributed by atoms with Gasteiger partial charge in [-0.05, 0) is 39.1 Å². The molecule has 40 heavy (non-hydrogen) atoms. The Morgan fingerprint density at radius 3 is 2.25 bits per heavy atom. The molecule has 2 aromatic rings. The maximum Gasteiger partial charge on any atom is 0.490 e. The number of nitrogens with zero attached hydrogens (tertiary/aromatic N) is 3. The van der Waals surface area contributed by atoms with Gasteiger partial charge < -0.3 is 25.5 Å². The number of H-pyrrole nitrogens is 1. The van der Waals surface area contributed by atoms with Crippen molar-refractivity contribution in [2.75, 3.05) is 39.0 Å². The summed E-state index contributed by atoms with van der Waals surface area (Å²) in [6.07, 6.45) is 0.941. The number of likely N-dealkylation sites (N-methyl/N-ethyl adjacent to an activating group) is 1. The van der Waals surface area contributed by atoms with Crippen LogP contribution < -0.4 is 10.6 Å². The van der Waals surface area contributed by atoms with Crippen molar-refractivity contribution in [3.8, 4) is 0 Å². The average Bonchev–Trinajstić information content (AvgIpc) is 3.32. The first-order valence-electron chi connectivity index (χ1n) is 11.7. The van der Waals surface area contributed by atoms with E-state index in [1.807, 2.05) is 25.1 Å². The molecule has 1 aliphatic heterocycles. The summed E-state index contributed by atoms with van der Waals surface area (Å²) in [6, 6.07) is 4.65. The molecule has 0 saturated carbocycles. The minimum atomic E-state index is -5.08. The lowest BCUT2D eigenvalue weighted by Gasteiger charge is -2.31. The highest BCUT2D eigenvalue weighted by Gasteiger charge is 2.38. The van der Waals surface area contributed by atoms with Gasteiger partial charge in [0, 0.05) is 31.8 Å². The number of carbonyl (C=O) groups is 4. The Morgan fingerprint density at radius 1 is 1.15 bits per heavy atom. The second-order valence-electron chi connectivity index (χ2n) is 8.75. The molecule has 0 aliphatic carbocycles. The number of rotatable bonds is 7. The normalized spacial score (nSPS) is 14.1. The van der Waals surface area contributed by atoms with E-state index in [1.54, 1.807) is 29.2 Å². The van der Waals surface area contributed by atoms with Crippen LogP contribution in [-0.2, 0) is 9.59 Å². The van der Waals surface area contributed by atoms with E-state index < -0.39 is 24.0 Å². The van der Waals surface area contributed by atoms with Crippen LogP contribution in [0.1, 0.15) is 33.7 Å². The molecule has 0 radical (unpaired) electrons. The molecule has 0 atom stereocenters. The third-order valence-corrected chi connectivity index (χ3v) is 6.05. The zero-order valence-electron chi connectivity index (χ0n) is 21.4. The van der Waals surface area contributed by atoms with Gasteiger partial charge in [-0.1, -0.05) is 35.3 Å². The van der Waals surface area contributed by atoms with Crippen molar-refractivity contribution in [3.05, 3.63) is 57.9 Å². The first-order chi connectivity index (χ1) is 18.7. The van der Waals surface area contributed by atoms with Gasteiger partial charge in [-0.3, -0.25) is 19.5 Å². The molecule has 1 aliphatic rings. The van der Waals surface area contributed by atoms with E-state index in [2.05, 4.69) is 20.8 Å². The van der Waals surface area contributed by atoms with E-state index in [1.165, 1.54) is 6.20 Å².